The van der Waals surface area contributed by atoms with Crippen molar-refractivity contribution in [2.45, 2.75) is 52.7 Å². The lowest BCUT2D eigenvalue weighted by Crippen LogP contribution is -2.59. The zero-order valence-corrected chi connectivity index (χ0v) is 19.7. The number of benzene rings is 1. The van der Waals surface area contributed by atoms with Gasteiger partial charge in [0.25, 0.3) is 0 Å². The summed E-state index contributed by atoms with van der Waals surface area (Å²) in [5.41, 5.74) is -1.25. The SMILES string of the molecule is CC1(C(=O)OC(=O)c2c(Cl)cc(Cl)cc2Cl)COC2(CC3CCC2(C)C3(C)C)OC1. The van der Waals surface area contributed by atoms with Gasteiger partial charge in [0.15, 0.2) is 5.79 Å². The minimum atomic E-state index is -1.12. The maximum atomic E-state index is 12.8. The van der Waals surface area contributed by atoms with Gasteiger partial charge in [0.1, 0.15) is 5.41 Å². The Bertz CT molecular complexity index is 896. The highest BCUT2D eigenvalue weighted by Crippen LogP contribution is 2.71. The molecule has 2 bridgehead atoms. The van der Waals surface area contributed by atoms with Gasteiger partial charge in [-0.15, -0.1) is 0 Å². The first-order valence-corrected chi connectivity index (χ1v) is 11.2. The summed E-state index contributed by atoms with van der Waals surface area (Å²) < 4.78 is 17.7. The molecule has 3 aliphatic rings. The van der Waals surface area contributed by atoms with Gasteiger partial charge < -0.3 is 14.2 Å². The van der Waals surface area contributed by atoms with Gasteiger partial charge in [-0.1, -0.05) is 55.6 Å². The minimum absolute atomic E-state index is 0.0164. The van der Waals surface area contributed by atoms with Crippen LogP contribution in [0, 0.1) is 22.2 Å². The van der Waals surface area contributed by atoms with Crippen LogP contribution in [0.3, 0.4) is 0 Å². The molecular weight excluding hydrogens is 451 g/mol. The molecule has 2 atom stereocenters. The van der Waals surface area contributed by atoms with E-state index in [9.17, 15) is 9.59 Å². The Hall–Kier alpha value is -0.850. The lowest BCUT2D eigenvalue weighted by Gasteiger charge is -2.52. The van der Waals surface area contributed by atoms with Gasteiger partial charge in [-0.2, -0.15) is 0 Å². The molecule has 0 amide bonds. The first kappa shape index (κ1) is 22.3. The summed E-state index contributed by atoms with van der Waals surface area (Å²) in [6, 6.07) is 2.73. The number of carbonyl (C=O) groups is 2. The van der Waals surface area contributed by atoms with Crippen molar-refractivity contribution < 1.29 is 23.8 Å². The van der Waals surface area contributed by atoms with E-state index in [1.165, 1.54) is 12.1 Å². The van der Waals surface area contributed by atoms with Crippen molar-refractivity contribution in [1.82, 2.24) is 0 Å². The Morgan fingerprint density at radius 3 is 2.07 bits per heavy atom. The highest BCUT2D eigenvalue weighted by Gasteiger charge is 2.72. The summed E-state index contributed by atoms with van der Waals surface area (Å²) >= 11 is 18.0. The van der Waals surface area contributed by atoms with Crippen molar-refractivity contribution in [2.75, 3.05) is 13.2 Å². The number of rotatable bonds is 2. The molecule has 0 N–H and O–H groups in total. The quantitative estimate of drug-likeness (QED) is 0.392. The van der Waals surface area contributed by atoms with Crippen molar-refractivity contribution in [3.63, 3.8) is 0 Å². The molecular formula is C22H25Cl3O5. The monoisotopic (exact) mass is 474 g/mol. The fourth-order valence-corrected chi connectivity index (χ4v) is 6.34. The van der Waals surface area contributed by atoms with Crippen LogP contribution in [-0.2, 0) is 19.0 Å². The first-order valence-electron chi connectivity index (χ1n) is 10.0. The van der Waals surface area contributed by atoms with E-state index < -0.39 is 23.1 Å². The standard InChI is InChI=1S/C22H25Cl3O5/c1-19(2)12-5-6-21(19,4)22(9-12)28-10-20(3,11-29-22)18(27)30-17(26)16-14(24)7-13(23)8-15(16)25/h7-8,12H,5-6,9-11H2,1-4H3. The molecule has 4 rings (SSSR count). The molecule has 3 fully saturated rings. The highest BCUT2D eigenvalue weighted by molar-refractivity contribution is 6.42. The van der Waals surface area contributed by atoms with Crippen LogP contribution < -0.4 is 0 Å². The predicted octanol–water partition coefficient (Wildman–Crippen LogP) is 5.93. The normalized spacial score (nSPS) is 36.8. The molecule has 1 spiro atoms. The summed E-state index contributed by atoms with van der Waals surface area (Å²) in [4.78, 5) is 25.4. The second-order valence-electron chi connectivity index (χ2n) is 9.81. The number of hydrogen-bond donors (Lipinski definition) is 0. The summed E-state index contributed by atoms with van der Waals surface area (Å²) in [6.45, 7) is 8.65. The average Bonchev–Trinajstić information content (AvgIpc) is 2.95. The van der Waals surface area contributed by atoms with Gasteiger partial charge >= 0.3 is 11.9 Å². The summed E-state index contributed by atoms with van der Waals surface area (Å²) in [5, 5.41) is 0.312. The Kier molecular flexibility index (Phi) is 5.27. The van der Waals surface area contributed by atoms with Crippen LogP contribution in [0.15, 0.2) is 12.1 Å². The van der Waals surface area contributed by atoms with E-state index in [1.54, 1.807) is 6.92 Å². The largest absolute Gasteiger partial charge is 0.389 e. The summed E-state index contributed by atoms with van der Waals surface area (Å²) in [6.07, 6.45) is 3.00. The van der Waals surface area contributed by atoms with E-state index in [-0.39, 0.29) is 44.7 Å². The van der Waals surface area contributed by atoms with Crippen LogP contribution in [0.25, 0.3) is 0 Å². The molecule has 8 heteroatoms. The van der Waals surface area contributed by atoms with Crippen LogP contribution in [0.5, 0.6) is 0 Å². The second kappa shape index (κ2) is 7.08. The number of fused-ring (bicyclic) bond motifs is 3. The fourth-order valence-electron chi connectivity index (χ4n) is 5.37. The van der Waals surface area contributed by atoms with E-state index in [1.807, 2.05) is 0 Å². The van der Waals surface area contributed by atoms with Crippen LogP contribution in [0.2, 0.25) is 15.1 Å². The lowest BCUT2D eigenvalue weighted by molar-refractivity contribution is -0.345. The number of halogens is 3. The number of ether oxygens (including phenoxy) is 3. The van der Waals surface area contributed by atoms with Crippen LogP contribution in [0.4, 0.5) is 0 Å². The van der Waals surface area contributed by atoms with E-state index in [0.29, 0.717) is 5.92 Å². The molecule has 30 heavy (non-hydrogen) atoms. The van der Waals surface area contributed by atoms with Gasteiger partial charge in [0, 0.05) is 16.9 Å². The van der Waals surface area contributed by atoms with Crippen molar-refractivity contribution in [3.8, 4) is 0 Å². The second-order valence-corrected chi connectivity index (χ2v) is 11.1. The van der Waals surface area contributed by atoms with Crippen LogP contribution >= 0.6 is 34.8 Å². The van der Waals surface area contributed by atoms with Gasteiger partial charge in [0.2, 0.25) is 0 Å². The van der Waals surface area contributed by atoms with Gasteiger partial charge in [0.05, 0.1) is 28.8 Å². The average molecular weight is 476 g/mol. The molecule has 0 aromatic heterocycles. The Morgan fingerprint density at radius 1 is 1.03 bits per heavy atom. The van der Waals surface area contributed by atoms with Gasteiger partial charge in [-0.3, -0.25) is 4.79 Å². The molecule has 0 radical (unpaired) electrons. The van der Waals surface area contributed by atoms with E-state index >= 15 is 0 Å². The van der Waals surface area contributed by atoms with E-state index in [2.05, 4.69) is 20.8 Å². The fraction of sp³-hybridized carbons (Fsp3) is 0.636. The molecule has 2 aliphatic carbocycles. The number of carbonyl (C=O) groups excluding carboxylic acids is 2. The number of hydrogen-bond acceptors (Lipinski definition) is 5. The summed E-state index contributed by atoms with van der Waals surface area (Å²) in [5.74, 6) is -1.85. The smallest absolute Gasteiger partial charge is 0.348 e. The minimum Gasteiger partial charge on any atom is -0.389 e. The molecule has 1 saturated heterocycles. The van der Waals surface area contributed by atoms with E-state index in [0.717, 1.165) is 19.3 Å². The summed E-state index contributed by atoms with van der Waals surface area (Å²) in [7, 11) is 0. The predicted molar refractivity (Wildman–Crippen MR) is 114 cm³/mol. The molecule has 5 nitrogen and oxygen atoms in total. The molecule has 1 heterocycles. The zero-order valence-electron chi connectivity index (χ0n) is 17.4. The molecule has 1 aliphatic heterocycles. The molecule has 2 unspecified atom stereocenters. The third-order valence-corrected chi connectivity index (χ3v) is 8.74. The molecule has 164 valence electrons. The molecule has 1 aromatic carbocycles. The van der Waals surface area contributed by atoms with Crippen molar-refractivity contribution in [3.05, 3.63) is 32.8 Å². The third-order valence-electron chi connectivity index (χ3n) is 7.93. The first-order chi connectivity index (χ1) is 13.9. The van der Waals surface area contributed by atoms with Gasteiger partial charge in [-0.05, 0) is 43.2 Å². The molecule has 2 saturated carbocycles. The maximum Gasteiger partial charge on any atom is 0.348 e. The lowest BCUT2D eigenvalue weighted by atomic mass is 9.68. The van der Waals surface area contributed by atoms with Crippen molar-refractivity contribution >= 4 is 46.7 Å². The third kappa shape index (κ3) is 3.04. The highest BCUT2D eigenvalue weighted by atomic mass is 35.5. The van der Waals surface area contributed by atoms with Crippen molar-refractivity contribution in [1.29, 1.82) is 0 Å². The topological polar surface area (TPSA) is 61.8 Å². The van der Waals surface area contributed by atoms with Crippen molar-refractivity contribution in [2.24, 2.45) is 22.2 Å². The van der Waals surface area contributed by atoms with E-state index in [4.69, 9.17) is 49.0 Å². The Labute approximate surface area is 191 Å². The zero-order chi connectivity index (χ0) is 22.1. The maximum absolute atomic E-state index is 12.8. The Balaban J connectivity index is 1.48. The molecule has 1 aromatic rings. The van der Waals surface area contributed by atoms with Gasteiger partial charge in [-0.25, -0.2) is 4.79 Å². The van der Waals surface area contributed by atoms with Crippen LogP contribution in [-0.4, -0.2) is 30.9 Å². The van der Waals surface area contributed by atoms with Crippen LogP contribution in [0.1, 0.15) is 57.3 Å². The Morgan fingerprint density at radius 2 is 1.60 bits per heavy atom. The number of esters is 2.